The number of hydrogen-bond acceptors (Lipinski definition) is 4. The summed E-state index contributed by atoms with van der Waals surface area (Å²) >= 11 is 0. The number of hydrogen-bond donors (Lipinski definition) is 1. The molecule has 0 unspecified atom stereocenters. The fourth-order valence-electron chi connectivity index (χ4n) is 2.91. The second-order valence-corrected chi connectivity index (χ2v) is 5.71. The number of halogens is 2. The molecular weight excluding hydrogens is 288 g/mol. The van der Waals surface area contributed by atoms with E-state index in [1.807, 2.05) is 6.92 Å². The first-order chi connectivity index (χ1) is 10.6. The molecule has 0 aromatic heterocycles. The number of rotatable bonds is 2. The first-order valence-electron chi connectivity index (χ1n) is 7.39. The monoisotopic (exact) mass is 307 g/mol. The van der Waals surface area contributed by atoms with Gasteiger partial charge in [0, 0.05) is 30.3 Å². The zero-order valence-corrected chi connectivity index (χ0v) is 12.5. The molecule has 22 heavy (non-hydrogen) atoms. The Balaban J connectivity index is 1.94. The summed E-state index contributed by atoms with van der Waals surface area (Å²) in [6, 6.07) is 2.72. The van der Waals surface area contributed by atoms with Gasteiger partial charge in [-0.05, 0) is 18.6 Å². The second-order valence-electron chi connectivity index (χ2n) is 5.71. The molecule has 0 saturated carbocycles. The van der Waals surface area contributed by atoms with E-state index in [0.717, 1.165) is 5.70 Å². The zero-order chi connectivity index (χ0) is 15.7. The predicted molar refractivity (Wildman–Crippen MR) is 82.0 cm³/mol. The highest BCUT2D eigenvalue weighted by molar-refractivity contribution is 6.02. The Morgan fingerprint density at radius 3 is 2.50 bits per heavy atom. The summed E-state index contributed by atoms with van der Waals surface area (Å²) in [6.07, 6.45) is 0.702. The highest BCUT2D eigenvalue weighted by atomic mass is 19.1. The fraction of sp³-hybridized carbons (Fsp3) is 0.438. The predicted octanol–water partition coefficient (Wildman–Crippen LogP) is 2.65. The van der Waals surface area contributed by atoms with Gasteiger partial charge in [0.2, 0.25) is 0 Å². The van der Waals surface area contributed by atoms with Crippen LogP contribution in [0.2, 0.25) is 0 Å². The van der Waals surface area contributed by atoms with E-state index in [9.17, 15) is 8.78 Å². The summed E-state index contributed by atoms with van der Waals surface area (Å²) in [7, 11) is 0. The van der Waals surface area contributed by atoms with Crippen LogP contribution in [0.1, 0.15) is 18.9 Å². The highest BCUT2D eigenvalue weighted by Crippen LogP contribution is 2.28. The van der Waals surface area contributed by atoms with Crippen molar-refractivity contribution < 1.29 is 13.5 Å². The molecule has 6 heteroatoms. The van der Waals surface area contributed by atoms with Gasteiger partial charge >= 0.3 is 0 Å². The molecule has 2 heterocycles. The first-order valence-corrected chi connectivity index (χ1v) is 7.39. The normalized spacial score (nSPS) is 22.3. The smallest absolute Gasteiger partial charge is 0.150 e. The quantitative estimate of drug-likeness (QED) is 0.912. The molecule has 1 aromatic carbocycles. The standard InChI is InChI=1S/C16H19F2N3O/c1-10-7-11(2)19-20-15(10)12-8-13(17)16(14(18)9-12)21-3-5-22-6-4-21/h8-10,19H,2-7H2,1H3/t10-/m0/s1. The lowest BCUT2D eigenvalue weighted by Crippen LogP contribution is -2.37. The average molecular weight is 307 g/mol. The number of morpholine rings is 1. The molecule has 0 aliphatic carbocycles. The Morgan fingerprint density at radius 2 is 1.91 bits per heavy atom. The molecule has 0 radical (unpaired) electrons. The minimum Gasteiger partial charge on any atom is -0.378 e. The van der Waals surface area contributed by atoms with Crippen molar-refractivity contribution >= 4 is 11.4 Å². The highest BCUT2D eigenvalue weighted by Gasteiger charge is 2.24. The zero-order valence-electron chi connectivity index (χ0n) is 12.5. The van der Waals surface area contributed by atoms with Crippen LogP contribution in [0, 0.1) is 17.6 Å². The number of nitrogens with zero attached hydrogens (tertiary/aromatic N) is 2. The SMILES string of the molecule is C=C1C[C@H](C)C(c2cc(F)c(N3CCOCC3)c(F)c2)=NN1. The van der Waals surface area contributed by atoms with E-state index in [1.54, 1.807) is 4.90 Å². The summed E-state index contributed by atoms with van der Waals surface area (Å²) in [6.45, 7) is 7.74. The van der Waals surface area contributed by atoms with Crippen LogP contribution >= 0.6 is 0 Å². The molecule has 3 rings (SSSR count). The third-order valence-corrected chi connectivity index (χ3v) is 3.99. The molecule has 4 nitrogen and oxygen atoms in total. The van der Waals surface area contributed by atoms with Gasteiger partial charge in [-0.15, -0.1) is 0 Å². The molecule has 1 fully saturated rings. The van der Waals surface area contributed by atoms with Crippen molar-refractivity contribution in [1.29, 1.82) is 0 Å². The van der Waals surface area contributed by atoms with Gasteiger partial charge in [-0.1, -0.05) is 13.5 Å². The lowest BCUT2D eigenvalue weighted by Gasteiger charge is -2.30. The molecule has 1 N–H and O–H groups in total. The first kappa shape index (κ1) is 15.0. The van der Waals surface area contributed by atoms with E-state index in [2.05, 4.69) is 17.1 Å². The van der Waals surface area contributed by atoms with Crippen molar-refractivity contribution in [3.8, 4) is 0 Å². The van der Waals surface area contributed by atoms with Gasteiger partial charge in [-0.2, -0.15) is 5.10 Å². The van der Waals surface area contributed by atoms with Gasteiger partial charge in [0.1, 0.15) is 17.3 Å². The van der Waals surface area contributed by atoms with Crippen LogP contribution in [-0.2, 0) is 4.74 Å². The van der Waals surface area contributed by atoms with E-state index in [4.69, 9.17) is 4.74 Å². The number of ether oxygens (including phenoxy) is 1. The van der Waals surface area contributed by atoms with Crippen molar-refractivity contribution in [1.82, 2.24) is 5.43 Å². The molecule has 1 atom stereocenters. The van der Waals surface area contributed by atoms with Gasteiger partial charge in [0.25, 0.3) is 0 Å². The third-order valence-electron chi connectivity index (χ3n) is 3.99. The number of allylic oxidation sites excluding steroid dienone is 1. The summed E-state index contributed by atoms with van der Waals surface area (Å²) in [4.78, 5) is 1.68. The van der Waals surface area contributed by atoms with E-state index < -0.39 is 11.6 Å². The van der Waals surface area contributed by atoms with E-state index in [0.29, 0.717) is 44.0 Å². The summed E-state index contributed by atoms with van der Waals surface area (Å²) in [5, 5.41) is 4.19. The molecular formula is C16H19F2N3O. The van der Waals surface area contributed by atoms with Gasteiger partial charge in [0.15, 0.2) is 0 Å². The number of benzene rings is 1. The van der Waals surface area contributed by atoms with Crippen LogP contribution < -0.4 is 10.3 Å². The lowest BCUT2D eigenvalue weighted by molar-refractivity contribution is 0.122. The van der Waals surface area contributed by atoms with Crippen molar-refractivity contribution in [3.05, 3.63) is 41.6 Å². The number of nitrogens with one attached hydrogen (secondary N) is 1. The van der Waals surface area contributed by atoms with Crippen LogP contribution in [0.15, 0.2) is 29.5 Å². The summed E-state index contributed by atoms with van der Waals surface area (Å²) in [5.74, 6) is -1.05. The van der Waals surface area contributed by atoms with Crippen LogP contribution in [-0.4, -0.2) is 32.0 Å². The topological polar surface area (TPSA) is 36.9 Å². The van der Waals surface area contributed by atoms with Crippen molar-refractivity contribution in [2.45, 2.75) is 13.3 Å². The number of hydrazone groups is 1. The van der Waals surface area contributed by atoms with Gasteiger partial charge in [-0.3, -0.25) is 5.43 Å². The Hall–Kier alpha value is -1.95. The maximum Gasteiger partial charge on any atom is 0.150 e. The van der Waals surface area contributed by atoms with Gasteiger partial charge in [0.05, 0.1) is 18.9 Å². The molecule has 0 amide bonds. The minimum atomic E-state index is -0.559. The molecule has 1 aromatic rings. The fourth-order valence-corrected chi connectivity index (χ4v) is 2.91. The van der Waals surface area contributed by atoms with Gasteiger partial charge < -0.3 is 9.64 Å². The van der Waals surface area contributed by atoms with Crippen LogP contribution in [0.5, 0.6) is 0 Å². The molecule has 118 valence electrons. The largest absolute Gasteiger partial charge is 0.378 e. The summed E-state index contributed by atoms with van der Waals surface area (Å²) in [5.41, 5.74) is 4.75. The van der Waals surface area contributed by atoms with E-state index in [-0.39, 0.29) is 11.6 Å². The van der Waals surface area contributed by atoms with E-state index in [1.165, 1.54) is 12.1 Å². The Labute approximate surface area is 128 Å². The van der Waals surface area contributed by atoms with Crippen molar-refractivity contribution in [3.63, 3.8) is 0 Å². The van der Waals surface area contributed by atoms with Crippen LogP contribution in [0.25, 0.3) is 0 Å². The molecule has 0 spiro atoms. The Kier molecular flexibility index (Phi) is 4.11. The Morgan fingerprint density at radius 1 is 1.27 bits per heavy atom. The van der Waals surface area contributed by atoms with E-state index >= 15 is 0 Å². The Bertz CT molecular complexity index is 601. The van der Waals surface area contributed by atoms with Crippen LogP contribution in [0.4, 0.5) is 14.5 Å². The second kappa shape index (κ2) is 6.04. The maximum absolute atomic E-state index is 14.4. The summed E-state index contributed by atoms with van der Waals surface area (Å²) < 4.78 is 34.1. The van der Waals surface area contributed by atoms with Crippen molar-refractivity contribution in [2.24, 2.45) is 11.0 Å². The number of anilines is 1. The molecule has 2 aliphatic heterocycles. The van der Waals surface area contributed by atoms with Crippen molar-refractivity contribution in [2.75, 3.05) is 31.2 Å². The molecule has 1 saturated heterocycles. The molecule has 0 bridgehead atoms. The van der Waals surface area contributed by atoms with Gasteiger partial charge in [-0.25, -0.2) is 8.78 Å². The average Bonchev–Trinajstić information content (AvgIpc) is 2.47. The maximum atomic E-state index is 14.4. The lowest BCUT2D eigenvalue weighted by atomic mass is 9.93. The third kappa shape index (κ3) is 2.83. The molecule has 2 aliphatic rings. The van der Waals surface area contributed by atoms with Crippen LogP contribution in [0.3, 0.4) is 0 Å². The minimum absolute atomic E-state index is 0.0217.